The predicted molar refractivity (Wildman–Crippen MR) is 142 cm³/mol. The number of fused-ring (bicyclic) bond motifs is 1. The van der Waals surface area contributed by atoms with Crippen molar-refractivity contribution >= 4 is 22.8 Å². The molecular formula is C29H22F3N5O3. The van der Waals surface area contributed by atoms with Crippen LogP contribution in [0.15, 0.2) is 83.8 Å². The maximum absolute atomic E-state index is 14.2. The number of nitrogens with one attached hydrogen (secondary N) is 2. The van der Waals surface area contributed by atoms with Gasteiger partial charge in [0, 0.05) is 17.8 Å². The number of rotatable bonds is 8. The van der Waals surface area contributed by atoms with Crippen LogP contribution in [-0.2, 0) is 17.8 Å². The Labute approximate surface area is 225 Å². The SMILES string of the molecule is NC(=O)c1cc(-c2cccnc2[C@H](Cc2cc(F)cc(F)c2)NC(=O)Cn2c(=O)[nH]c3ccccc32)ccc1F. The second-order valence-corrected chi connectivity index (χ2v) is 9.13. The highest BCUT2D eigenvalue weighted by Crippen LogP contribution is 2.30. The molecule has 2 amide bonds. The van der Waals surface area contributed by atoms with Gasteiger partial charge in [0.15, 0.2) is 0 Å². The van der Waals surface area contributed by atoms with E-state index in [4.69, 9.17) is 5.73 Å². The molecule has 0 radical (unpaired) electrons. The van der Waals surface area contributed by atoms with Crippen molar-refractivity contribution in [2.24, 2.45) is 5.73 Å². The molecule has 0 aliphatic carbocycles. The molecule has 11 heteroatoms. The molecule has 202 valence electrons. The molecule has 0 aliphatic rings. The number of nitrogens with zero attached hydrogens (tertiary/aromatic N) is 2. The third-order valence-electron chi connectivity index (χ3n) is 6.39. The number of carbonyl (C=O) groups excluding carboxylic acids is 2. The summed E-state index contributed by atoms with van der Waals surface area (Å²) in [5.41, 5.74) is 6.92. The van der Waals surface area contributed by atoms with E-state index in [0.717, 1.165) is 24.3 Å². The Kier molecular flexibility index (Phi) is 7.19. The number of para-hydroxylation sites is 2. The number of aromatic nitrogens is 3. The van der Waals surface area contributed by atoms with Gasteiger partial charge in [-0.15, -0.1) is 0 Å². The van der Waals surface area contributed by atoms with E-state index < -0.39 is 41.0 Å². The monoisotopic (exact) mass is 545 g/mol. The Bertz CT molecular complexity index is 1790. The zero-order valence-electron chi connectivity index (χ0n) is 20.8. The third-order valence-corrected chi connectivity index (χ3v) is 6.39. The fourth-order valence-corrected chi connectivity index (χ4v) is 4.65. The van der Waals surface area contributed by atoms with Gasteiger partial charge in [0.05, 0.1) is 28.3 Å². The molecule has 0 unspecified atom stereocenters. The summed E-state index contributed by atoms with van der Waals surface area (Å²) in [4.78, 5) is 44.7. The highest BCUT2D eigenvalue weighted by Gasteiger charge is 2.23. The van der Waals surface area contributed by atoms with E-state index in [1.54, 1.807) is 36.4 Å². The van der Waals surface area contributed by atoms with E-state index in [9.17, 15) is 27.6 Å². The molecule has 0 saturated heterocycles. The van der Waals surface area contributed by atoms with Crippen molar-refractivity contribution in [3.63, 3.8) is 0 Å². The van der Waals surface area contributed by atoms with Gasteiger partial charge in [-0.3, -0.25) is 19.1 Å². The molecule has 1 atom stereocenters. The highest BCUT2D eigenvalue weighted by atomic mass is 19.1. The van der Waals surface area contributed by atoms with Crippen LogP contribution in [0.3, 0.4) is 0 Å². The van der Waals surface area contributed by atoms with E-state index in [2.05, 4.69) is 15.3 Å². The van der Waals surface area contributed by atoms with Crippen molar-refractivity contribution in [1.82, 2.24) is 19.9 Å². The molecule has 0 aliphatic heterocycles. The van der Waals surface area contributed by atoms with Gasteiger partial charge in [0.1, 0.15) is 24.0 Å². The minimum atomic E-state index is -0.964. The van der Waals surface area contributed by atoms with Crippen LogP contribution in [-0.4, -0.2) is 26.3 Å². The van der Waals surface area contributed by atoms with Crippen LogP contribution in [0, 0.1) is 17.5 Å². The first-order valence-electron chi connectivity index (χ1n) is 12.2. The Morgan fingerprint density at radius 2 is 1.73 bits per heavy atom. The first kappa shape index (κ1) is 26.4. The zero-order chi connectivity index (χ0) is 28.4. The van der Waals surface area contributed by atoms with Crippen LogP contribution in [0.1, 0.15) is 27.7 Å². The summed E-state index contributed by atoms with van der Waals surface area (Å²) < 4.78 is 43.5. The van der Waals surface area contributed by atoms with E-state index in [1.165, 1.54) is 22.9 Å². The van der Waals surface area contributed by atoms with Crippen molar-refractivity contribution in [3.05, 3.63) is 124 Å². The topological polar surface area (TPSA) is 123 Å². The summed E-state index contributed by atoms with van der Waals surface area (Å²) in [6.07, 6.45) is 1.39. The molecule has 2 heterocycles. The number of imidazole rings is 1. The molecule has 2 aromatic heterocycles. The average molecular weight is 546 g/mol. The standard InChI is InChI=1S/C29H22F3N5O3/c30-18-10-16(11-19(31)14-18)12-24(35-26(38)15-37-25-6-2-1-5-23(25)36-29(37)40)27-20(4-3-9-34-27)17-7-8-22(32)21(13-17)28(33)39/h1-11,13-14,24H,12,15H2,(H2,33,39)(H,35,38)(H,36,40)/t24-/m0/s1. The van der Waals surface area contributed by atoms with Crippen LogP contribution in [0.4, 0.5) is 13.2 Å². The minimum absolute atomic E-state index is 0.0723. The first-order chi connectivity index (χ1) is 19.2. The molecule has 5 aromatic rings. The van der Waals surface area contributed by atoms with Crippen LogP contribution in [0.25, 0.3) is 22.2 Å². The number of nitrogens with two attached hydrogens (primary N) is 1. The lowest BCUT2D eigenvalue weighted by Gasteiger charge is -2.22. The van der Waals surface area contributed by atoms with Gasteiger partial charge >= 0.3 is 5.69 Å². The zero-order valence-corrected chi connectivity index (χ0v) is 20.8. The van der Waals surface area contributed by atoms with Crippen molar-refractivity contribution in [1.29, 1.82) is 0 Å². The van der Waals surface area contributed by atoms with E-state index >= 15 is 0 Å². The second kappa shape index (κ2) is 10.9. The van der Waals surface area contributed by atoms with Crippen LogP contribution >= 0.6 is 0 Å². The lowest BCUT2D eigenvalue weighted by Crippen LogP contribution is -2.35. The molecule has 0 bridgehead atoms. The maximum Gasteiger partial charge on any atom is 0.326 e. The summed E-state index contributed by atoms with van der Waals surface area (Å²) in [7, 11) is 0. The summed E-state index contributed by atoms with van der Waals surface area (Å²) in [6, 6.07) is 16.0. The number of primary amides is 1. The van der Waals surface area contributed by atoms with Gasteiger partial charge in [-0.05, 0) is 60.0 Å². The summed E-state index contributed by atoms with van der Waals surface area (Å²) in [5.74, 6) is -3.92. The fraction of sp³-hybridized carbons (Fsp3) is 0.103. The second-order valence-electron chi connectivity index (χ2n) is 9.13. The number of halogens is 3. The van der Waals surface area contributed by atoms with Gasteiger partial charge < -0.3 is 16.0 Å². The molecule has 4 N–H and O–H groups in total. The minimum Gasteiger partial charge on any atom is -0.366 e. The number of hydrogen-bond donors (Lipinski definition) is 3. The lowest BCUT2D eigenvalue weighted by molar-refractivity contribution is -0.122. The number of aromatic amines is 1. The van der Waals surface area contributed by atoms with Crippen molar-refractivity contribution < 1.29 is 22.8 Å². The molecule has 8 nitrogen and oxygen atoms in total. The number of pyridine rings is 1. The average Bonchev–Trinajstić information content (AvgIpc) is 3.22. The first-order valence-corrected chi connectivity index (χ1v) is 12.2. The molecule has 0 saturated carbocycles. The summed E-state index contributed by atoms with van der Waals surface area (Å²) >= 11 is 0. The van der Waals surface area contributed by atoms with Crippen molar-refractivity contribution in [2.75, 3.05) is 0 Å². The Hall–Kier alpha value is -5.19. The third kappa shape index (κ3) is 5.48. The van der Waals surface area contributed by atoms with Gasteiger partial charge in [-0.25, -0.2) is 18.0 Å². The van der Waals surface area contributed by atoms with Crippen molar-refractivity contribution in [2.45, 2.75) is 19.0 Å². The van der Waals surface area contributed by atoms with Crippen LogP contribution < -0.4 is 16.7 Å². The fourth-order valence-electron chi connectivity index (χ4n) is 4.65. The number of amides is 2. The number of H-pyrrole nitrogens is 1. The van der Waals surface area contributed by atoms with Gasteiger partial charge in [0.25, 0.3) is 5.91 Å². The smallest absolute Gasteiger partial charge is 0.326 e. The predicted octanol–water partition coefficient (Wildman–Crippen LogP) is 4.01. The lowest BCUT2D eigenvalue weighted by atomic mass is 9.94. The van der Waals surface area contributed by atoms with Crippen LogP contribution in [0.5, 0.6) is 0 Å². The quantitative estimate of drug-likeness (QED) is 0.273. The molecule has 40 heavy (non-hydrogen) atoms. The van der Waals surface area contributed by atoms with E-state index in [1.807, 2.05) is 0 Å². The summed E-state index contributed by atoms with van der Waals surface area (Å²) in [6.45, 7) is -0.346. The number of hydrogen-bond acceptors (Lipinski definition) is 4. The van der Waals surface area contributed by atoms with Crippen molar-refractivity contribution in [3.8, 4) is 11.1 Å². The highest BCUT2D eigenvalue weighted by molar-refractivity contribution is 5.94. The summed E-state index contributed by atoms with van der Waals surface area (Å²) in [5, 5.41) is 2.82. The Morgan fingerprint density at radius 3 is 2.48 bits per heavy atom. The van der Waals surface area contributed by atoms with Gasteiger partial charge in [-0.1, -0.05) is 24.3 Å². The molecule has 5 rings (SSSR count). The normalized spacial score (nSPS) is 11.9. The van der Waals surface area contributed by atoms with Gasteiger partial charge in [-0.2, -0.15) is 0 Å². The van der Waals surface area contributed by atoms with Crippen LogP contribution in [0.2, 0.25) is 0 Å². The Balaban J connectivity index is 1.55. The molecule has 3 aromatic carbocycles. The molecule has 0 spiro atoms. The number of benzene rings is 3. The maximum atomic E-state index is 14.2. The van der Waals surface area contributed by atoms with E-state index in [-0.39, 0.29) is 29.8 Å². The largest absolute Gasteiger partial charge is 0.366 e. The van der Waals surface area contributed by atoms with Gasteiger partial charge in [0.2, 0.25) is 5.91 Å². The molecule has 0 fully saturated rings. The van der Waals surface area contributed by atoms with E-state index in [0.29, 0.717) is 22.2 Å². The Morgan fingerprint density at radius 1 is 0.975 bits per heavy atom. The number of carbonyl (C=O) groups is 2. The molecular weight excluding hydrogens is 523 g/mol.